The molecule has 3 aliphatic rings. The topological polar surface area (TPSA) is 95.9 Å². The number of hydrogen-bond acceptors (Lipinski definition) is 8. The van der Waals surface area contributed by atoms with Crippen LogP contribution in [0.1, 0.15) is 24.3 Å². The van der Waals surface area contributed by atoms with Crippen molar-refractivity contribution < 1.29 is 18.7 Å². The van der Waals surface area contributed by atoms with E-state index in [1.165, 1.54) is 43.4 Å². The number of methoxy groups -OCH3 is 1. The second-order valence-corrected chi connectivity index (χ2v) is 10.1. The molecule has 1 saturated carbocycles. The van der Waals surface area contributed by atoms with Crippen molar-refractivity contribution >= 4 is 40.6 Å². The zero-order chi connectivity index (χ0) is 25.0. The first kappa shape index (κ1) is 25.3. The smallest absolute Gasteiger partial charge is 0.337 e. The Morgan fingerprint density at radius 2 is 2.20 bits per heavy atom. The van der Waals surface area contributed by atoms with Crippen LogP contribution in [0.5, 0.6) is 0 Å². The summed E-state index contributed by atoms with van der Waals surface area (Å²) in [5, 5.41) is 9.15. The molecule has 35 heavy (non-hydrogen) atoms. The normalized spacial score (nSPS) is 20.5. The van der Waals surface area contributed by atoms with Crippen LogP contribution in [0.25, 0.3) is 0 Å². The lowest BCUT2D eigenvalue weighted by Gasteiger charge is -2.27. The van der Waals surface area contributed by atoms with E-state index in [1.54, 1.807) is 25.4 Å². The quantitative estimate of drug-likeness (QED) is 0.590. The van der Waals surface area contributed by atoms with E-state index in [2.05, 4.69) is 25.5 Å². The predicted octanol–water partition coefficient (Wildman–Crippen LogP) is 3.00. The maximum atomic E-state index is 12.4. The zero-order valence-corrected chi connectivity index (χ0v) is 21.1. The van der Waals surface area contributed by atoms with Crippen LogP contribution in [-0.2, 0) is 14.3 Å². The van der Waals surface area contributed by atoms with Crippen molar-refractivity contribution in [2.24, 2.45) is 10.4 Å². The van der Waals surface area contributed by atoms with Crippen molar-refractivity contribution in [1.82, 2.24) is 20.5 Å². The summed E-state index contributed by atoms with van der Waals surface area (Å²) < 4.78 is 17.0. The molecular formula is C24H27ClFN5O3S. The molecule has 1 aromatic heterocycles. The Morgan fingerprint density at radius 3 is 2.77 bits per heavy atom. The number of nitrogens with one attached hydrogen (secondary N) is 2. The Morgan fingerprint density at radius 1 is 1.40 bits per heavy atom. The monoisotopic (exact) mass is 519 g/mol. The van der Waals surface area contributed by atoms with E-state index in [9.17, 15) is 14.0 Å². The number of amidine groups is 1. The maximum Gasteiger partial charge on any atom is 0.337 e. The number of aromatic nitrogens is 1. The van der Waals surface area contributed by atoms with Crippen molar-refractivity contribution in [2.75, 3.05) is 33.8 Å². The van der Waals surface area contributed by atoms with Gasteiger partial charge in [-0.15, -0.1) is 11.3 Å². The predicted molar refractivity (Wildman–Crippen MR) is 133 cm³/mol. The SMILES string of the molecule is CNC(=O)C1CC2(CC2)CN1CC1=C(C(=O)OC)CN=C(c2nccs2)N1.Fc1cccc(Cl)c1. The Kier molecular flexibility index (Phi) is 7.83. The molecule has 0 bridgehead atoms. The fourth-order valence-electron chi connectivity index (χ4n) is 4.36. The third-order valence-corrected chi connectivity index (χ3v) is 7.37. The first-order valence-corrected chi connectivity index (χ1v) is 12.5. The Hall–Kier alpha value is -2.82. The van der Waals surface area contributed by atoms with Crippen LogP contribution in [0.2, 0.25) is 5.02 Å². The molecule has 1 atom stereocenters. The minimum Gasteiger partial charge on any atom is -0.466 e. The molecule has 1 saturated heterocycles. The standard InChI is InChI=1S/C18H23N5O3S.C6H4ClF/c1-19-15(24)13-7-18(3-4-18)10-23(13)9-12-11(17(25)26-2)8-21-14(22-12)16-20-5-6-27-16;7-5-2-1-3-6(8)4-5/h5-6,13H,3-4,7-10H2,1-2H3,(H,19,24)(H,21,22);1-4H. The highest BCUT2D eigenvalue weighted by molar-refractivity contribution is 7.11. The number of esters is 1. The molecule has 5 rings (SSSR count). The highest BCUT2D eigenvalue weighted by atomic mass is 35.5. The van der Waals surface area contributed by atoms with Gasteiger partial charge in [0.2, 0.25) is 5.91 Å². The molecule has 2 N–H and O–H groups in total. The number of benzene rings is 1. The van der Waals surface area contributed by atoms with Gasteiger partial charge in [-0.1, -0.05) is 17.7 Å². The number of carbonyl (C=O) groups is 2. The first-order valence-electron chi connectivity index (χ1n) is 11.2. The molecule has 1 aromatic carbocycles. The number of amides is 1. The second-order valence-electron chi connectivity index (χ2n) is 8.75. The van der Waals surface area contributed by atoms with Crippen LogP contribution in [0.4, 0.5) is 4.39 Å². The average molecular weight is 520 g/mol. The van der Waals surface area contributed by atoms with Crippen LogP contribution >= 0.6 is 22.9 Å². The fraction of sp³-hybridized carbons (Fsp3) is 0.417. The minimum absolute atomic E-state index is 0.0311. The number of carbonyl (C=O) groups excluding carboxylic acids is 2. The van der Waals surface area contributed by atoms with Gasteiger partial charge in [-0.25, -0.2) is 14.2 Å². The van der Waals surface area contributed by atoms with Crippen molar-refractivity contribution in [3.8, 4) is 0 Å². The molecule has 186 valence electrons. The number of thiazole rings is 1. The van der Waals surface area contributed by atoms with Gasteiger partial charge in [-0.2, -0.15) is 0 Å². The largest absolute Gasteiger partial charge is 0.466 e. The maximum absolute atomic E-state index is 12.4. The summed E-state index contributed by atoms with van der Waals surface area (Å²) in [5.74, 6) is 0.00172. The Balaban J connectivity index is 0.000000308. The van der Waals surface area contributed by atoms with E-state index in [0.717, 1.165) is 23.7 Å². The average Bonchev–Trinajstić information content (AvgIpc) is 3.23. The van der Waals surface area contributed by atoms with Gasteiger partial charge in [0.05, 0.1) is 25.3 Å². The van der Waals surface area contributed by atoms with E-state index in [4.69, 9.17) is 16.3 Å². The van der Waals surface area contributed by atoms with Crippen LogP contribution in [0, 0.1) is 11.2 Å². The molecule has 3 heterocycles. The summed E-state index contributed by atoms with van der Waals surface area (Å²) in [7, 11) is 3.04. The number of rotatable bonds is 5. The third kappa shape index (κ3) is 6.06. The van der Waals surface area contributed by atoms with Gasteiger partial charge in [-0.05, 0) is 42.9 Å². The summed E-state index contributed by atoms with van der Waals surface area (Å²) in [6.45, 7) is 1.59. The fourth-order valence-corrected chi connectivity index (χ4v) is 5.13. The molecule has 2 aromatic rings. The first-order chi connectivity index (χ1) is 16.8. The number of hydrogen-bond donors (Lipinski definition) is 2. The van der Waals surface area contributed by atoms with E-state index in [-0.39, 0.29) is 29.7 Å². The summed E-state index contributed by atoms with van der Waals surface area (Å²) in [6.07, 6.45) is 4.93. The molecular weight excluding hydrogens is 493 g/mol. The van der Waals surface area contributed by atoms with Crippen molar-refractivity contribution in [1.29, 1.82) is 0 Å². The minimum atomic E-state index is -0.392. The molecule has 8 nitrogen and oxygen atoms in total. The summed E-state index contributed by atoms with van der Waals surface area (Å²) in [4.78, 5) is 35.6. The van der Waals surface area contributed by atoms with Crippen molar-refractivity contribution in [2.45, 2.75) is 25.3 Å². The van der Waals surface area contributed by atoms with E-state index >= 15 is 0 Å². The molecule has 1 aliphatic carbocycles. The molecule has 0 radical (unpaired) electrons. The van der Waals surface area contributed by atoms with E-state index in [0.29, 0.717) is 23.0 Å². The molecule has 2 fully saturated rings. The molecule has 1 amide bonds. The number of halogens is 2. The summed E-state index contributed by atoms with van der Waals surface area (Å²) in [5.41, 5.74) is 1.52. The molecule has 11 heteroatoms. The Bertz CT molecular complexity index is 1130. The van der Waals surface area contributed by atoms with Gasteiger partial charge in [0.25, 0.3) is 0 Å². The van der Waals surface area contributed by atoms with Gasteiger partial charge in [0, 0.05) is 42.4 Å². The summed E-state index contributed by atoms with van der Waals surface area (Å²) >= 11 is 6.89. The number of aliphatic imine (C=N–C) groups is 1. The molecule has 2 aliphatic heterocycles. The van der Waals surface area contributed by atoms with Crippen molar-refractivity contribution in [3.63, 3.8) is 0 Å². The number of nitrogens with zero attached hydrogens (tertiary/aromatic N) is 3. The highest BCUT2D eigenvalue weighted by Crippen LogP contribution is 2.54. The Labute approximate surface area is 212 Å². The third-order valence-electron chi connectivity index (χ3n) is 6.36. The second kappa shape index (κ2) is 10.8. The van der Waals surface area contributed by atoms with Crippen LogP contribution in [0.3, 0.4) is 0 Å². The van der Waals surface area contributed by atoms with Crippen LogP contribution in [0.15, 0.2) is 52.1 Å². The van der Waals surface area contributed by atoms with Gasteiger partial charge < -0.3 is 15.4 Å². The lowest BCUT2D eigenvalue weighted by molar-refractivity contribution is -0.136. The van der Waals surface area contributed by atoms with E-state index in [1.807, 2.05) is 5.38 Å². The van der Waals surface area contributed by atoms with Gasteiger partial charge in [0.15, 0.2) is 10.8 Å². The number of likely N-dealkylation sites (N-methyl/N-ethyl adjacent to an activating group) is 1. The van der Waals surface area contributed by atoms with Gasteiger partial charge in [0.1, 0.15) is 5.82 Å². The highest BCUT2D eigenvalue weighted by Gasteiger charge is 2.53. The van der Waals surface area contributed by atoms with Crippen molar-refractivity contribution in [3.05, 3.63) is 63.0 Å². The summed E-state index contributed by atoms with van der Waals surface area (Å²) in [6, 6.07) is 5.64. The zero-order valence-electron chi connectivity index (χ0n) is 19.5. The molecule has 1 spiro atoms. The van der Waals surface area contributed by atoms with E-state index < -0.39 is 5.97 Å². The lowest BCUT2D eigenvalue weighted by atomic mass is 10.0. The molecule has 1 unspecified atom stereocenters. The number of ether oxygens (including phenoxy) is 1. The van der Waals surface area contributed by atoms with Gasteiger partial charge in [-0.3, -0.25) is 14.7 Å². The van der Waals surface area contributed by atoms with Gasteiger partial charge >= 0.3 is 5.97 Å². The van der Waals surface area contributed by atoms with Crippen LogP contribution in [-0.4, -0.2) is 67.4 Å². The number of likely N-dealkylation sites (tertiary alicyclic amines) is 1. The van der Waals surface area contributed by atoms with Crippen LogP contribution < -0.4 is 10.6 Å². The lowest BCUT2D eigenvalue weighted by Crippen LogP contribution is -2.45.